The van der Waals surface area contributed by atoms with Gasteiger partial charge >= 0.3 is 6.03 Å². The average Bonchev–Trinajstić information content (AvgIpc) is 2.78. The van der Waals surface area contributed by atoms with Crippen molar-refractivity contribution in [2.24, 2.45) is 0 Å². The van der Waals surface area contributed by atoms with Crippen molar-refractivity contribution in [3.8, 4) is 5.75 Å². The third-order valence-electron chi connectivity index (χ3n) is 4.77. The van der Waals surface area contributed by atoms with Gasteiger partial charge in [0.05, 0.1) is 15.2 Å². The quantitative estimate of drug-likeness (QED) is 0.315. The Morgan fingerprint density at radius 2 is 1.70 bits per heavy atom. The second-order valence-electron chi connectivity index (χ2n) is 7.01. The van der Waals surface area contributed by atoms with E-state index >= 15 is 0 Å². The number of nitrogens with zero attached hydrogens (tertiary/aromatic N) is 1. The average molecular weight is 546 g/mol. The number of benzene rings is 3. The minimum absolute atomic E-state index is 0.187. The molecule has 0 unspecified atom stereocenters. The van der Waals surface area contributed by atoms with E-state index in [4.69, 9.17) is 27.9 Å². The topological polar surface area (TPSA) is 75.7 Å². The molecule has 1 heterocycles. The van der Waals surface area contributed by atoms with Crippen molar-refractivity contribution in [3.63, 3.8) is 0 Å². The van der Waals surface area contributed by atoms with Crippen molar-refractivity contribution in [3.05, 3.63) is 97.9 Å². The van der Waals surface area contributed by atoms with E-state index in [1.165, 1.54) is 12.1 Å². The highest BCUT2D eigenvalue weighted by Gasteiger charge is 2.37. The van der Waals surface area contributed by atoms with Crippen molar-refractivity contribution in [1.82, 2.24) is 5.32 Å². The number of anilines is 1. The van der Waals surface area contributed by atoms with Gasteiger partial charge in [0.25, 0.3) is 11.8 Å². The van der Waals surface area contributed by atoms with Crippen molar-refractivity contribution in [1.29, 1.82) is 0 Å². The number of halogens is 3. The zero-order valence-corrected chi connectivity index (χ0v) is 19.9. The number of hydrogen-bond acceptors (Lipinski definition) is 4. The molecule has 9 heteroatoms. The largest absolute Gasteiger partial charge is 0.488 e. The number of imide groups is 2. The molecule has 0 aliphatic carbocycles. The van der Waals surface area contributed by atoms with Crippen LogP contribution in [0.1, 0.15) is 11.1 Å². The molecule has 0 aromatic heterocycles. The molecule has 1 aliphatic heterocycles. The Morgan fingerprint density at radius 3 is 2.39 bits per heavy atom. The Kier molecular flexibility index (Phi) is 6.83. The van der Waals surface area contributed by atoms with Crippen molar-refractivity contribution in [2.75, 3.05) is 4.90 Å². The molecule has 166 valence electrons. The van der Waals surface area contributed by atoms with Gasteiger partial charge < -0.3 is 4.74 Å². The normalized spacial score (nSPS) is 15.1. The molecule has 0 spiro atoms. The minimum Gasteiger partial charge on any atom is -0.488 e. The van der Waals surface area contributed by atoms with Crippen molar-refractivity contribution in [2.45, 2.75) is 6.61 Å². The molecule has 0 radical (unpaired) electrons. The third kappa shape index (κ3) is 5.11. The highest BCUT2D eigenvalue weighted by molar-refractivity contribution is 9.10. The van der Waals surface area contributed by atoms with Crippen LogP contribution in [0.2, 0.25) is 10.0 Å². The number of hydrogen-bond donors (Lipinski definition) is 1. The predicted octanol–water partition coefficient (Wildman–Crippen LogP) is 6.00. The molecule has 3 aromatic carbocycles. The summed E-state index contributed by atoms with van der Waals surface area (Å²) < 4.78 is 6.46. The molecule has 0 saturated carbocycles. The van der Waals surface area contributed by atoms with E-state index in [1.54, 1.807) is 48.5 Å². The second kappa shape index (κ2) is 9.79. The Bertz CT molecular complexity index is 1290. The van der Waals surface area contributed by atoms with Gasteiger partial charge in [-0.25, -0.2) is 9.69 Å². The highest BCUT2D eigenvalue weighted by atomic mass is 79.9. The van der Waals surface area contributed by atoms with Crippen LogP contribution in [-0.4, -0.2) is 17.8 Å². The van der Waals surface area contributed by atoms with Gasteiger partial charge in [-0.05, 0) is 69.5 Å². The fraction of sp³-hybridized carbons (Fsp3) is 0.0417. The number of rotatable bonds is 5. The Hall–Kier alpha value is -3.13. The zero-order valence-electron chi connectivity index (χ0n) is 16.8. The number of carbonyl (C=O) groups is 3. The van der Waals surface area contributed by atoms with Gasteiger partial charge in [-0.2, -0.15) is 0 Å². The Labute approximate surface area is 207 Å². The number of urea groups is 1. The van der Waals surface area contributed by atoms with Crippen LogP contribution in [-0.2, 0) is 16.2 Å². The molecule has 3 aromatic rings. The summed E-state index contributed by atoms with van der Waals surface area (Å²) >= 11 is 15.5. The lowest BCUT2D eigenvalue weighted by atomic mass is 10.1. The molecule has 4 amide bonds. The maximum Gasteiger partial charge on any atom is 0.335 e. The van der Waals surface area contributed by atoms with Crippen LogP contribution >= 0.6 is 39.1 Å². The maximum absolute atomic E-state index is 13.0. The number of nitrogens with one attached hydrogen (secondary N) is 1. The molecule has 1 N–H and O–H groups in total. The summed E-state index contributed by atoms with van der Waals surface area (Å²) in [4.78, 5) is 38.6. The number of barbiturate groups is 1. The maximum atomic E-state index is 13.0. The van der Waals surface area contributed by atoms with E-state index in [1.807, 2.05) is 12.1 Å². The van der Waals surface area contributed by atoms with Crippen LogP contribution in [0.5, 0.6) is 5.75 Å². The summed E-state index contributed by atoms with van der Waals surface area (Å²) in [6, 6.07) is 18.0. The number of carbonyl (C=O) groups excluding carboxylic acids is 3. The SMILES string of the molecule is O=C1NC(=O)N(c2ccccc2Cl)C(=O)/C1=C/c1ccc(OCc2ccc(Cl)cc2)c(Br)c1. The fourth-order valence-corrected chi connectivity index (χ4v) is 4.00. The zero-order chi connectivity index (χ0) is 23.5. The van der Waals surface area contributed by atoms with Gasteiger partial charge in [0.15, 0.2) is 0 Å². The van der Waals surface area contributed by atoms with E-state index < -0.39 is 17.8 Å². The first-order valence-corrected chi connectivity index (χ1v) is 11.2. The number of ether oxygens (including phenoxy) is 1. The van der Waals surface area contributed by atoms with Crippen LogP contribution < -0.4 is 15.0 Å². The molecule has 1 fully saturated rings. The summed E-state index contributed by atoms with van der Waals surface area (Å²) in [6.45, 7) is 0.339. The molecule has 4 rings (SSSR count). The molecule has 33 heavy (non-hydrogen) atoms. The van der Waals surface area contributed by atoms with E-state index in [-0.39, 0.29) is 16.3 Å². The molecular formula is C24H15BrCl2N2O4. The molecule has 1 saturated heterocycles. The van der Waals surface area contributed by atoms with Gasteiger partial charge in [-0.15, -0.1) is 0 Å². The molecule has 1 aliphatic rings. The summed E-state index contributed by atoms with van der Waals surface area (Å²) in [5, 5.41) is 3.03. The molecule has 0 atom stereocenters. The molecule has 0 bridgehead atoms. The Balaban J connectivity index is 1.57. The van der Waals surface area contributed by atoms with Crippen LogP contribution in [0.4, 0.5) is 10.5 Å². The fourth-order valence-electron chi connectivity index (χ4n) is 3.14. The summed E-state index contributed by atoms with van der Waals surface area (Å²) in [5.74, 6) is -0.970. The standard InChI is InChI=1S/C24H15BrCl2N2O4/c25-18-12-15(7-10-21(18)33-13-14-5-8-16(26)9-6-14)11-17-22(30)28-24(32)29(23(17)31)20-4-2-1-3-19(20)27/h1-12H,13H2,(H,28,30,32)/b17-11+. The lowest BCUT2D eigenvalue weighted by Gasteiger charge is -2.27. The van der Waals surface area contributed by atoms with Gasteiger partial charge in [0, 0.05) is 5.02 Å². The summed E-state index contributed by atoms with van der Waals surface area (Å²) in [5.41, 5.74) is 1.50. The van der Waals surface area contributed by atoms with Gasteiger partial charge in [0.1, 0.15) is 17.9 Å². The van der Waals surface area contributed by atoms with Crippen LogP contribution in [0.3, 0.4) is 0 Å². The van der Waals surface area contributed by atoms with Gasteiger partial charge in [0.2, 0.25) is 0 Å². The van der Waals surface area contributed by atoms with E-state index in [2.05, 4.69) is 21.2 Å². The minimum atomic E-state index is -0.859. The summed E-state index contributed by atoms with van der Waals surface area (Å²) in [7, 11) is 0. The monoisotopic (exact) mass is 544 g/mol. The van der Waals surface area contributed by atoms with Crippen molar-refractivity contribution >= 4 is 68.7 Å². The predicted molar refractivity (Wildman–Crippen MR) is 130 cm³/mol. The third-order valence-corrected chi connectivity index (χ3v) is 5.96. The van der Waals surface area contributed by atoms with Crippen molar-refractivity contribution < 1.29 is 19.1 Å². The number of para-hydroxylation sites is 1. The smallest absolute Gasteiger partial charge is 0.335 e. The first-order valence-electron chi connectivity index (χ1n) is 9.66. The number of amides is 4. The van der Waals surface area contributed by atoms with E-state index in [9.17, 15) is 14.4 Å². The lowest BCUT2D eigenvalue weighted by Crippen LogP contribution is -2.54. The second-order valence-corrected chi connectivity index (χ2v) is 8.71. The van der Waals surface area contributed by atoms with Crippen LogP contribution in [0, 0.1) is 0 Å². The van der Waals surface area contributed by atoms with E-state index in [0.717, 1.165) is 10.5 Å². The highest BCUT2D eigenvalue weighted by Crippen LogP contribution is 2.31. The first-order chi connectivity index (χ1) is 15.8. The van der Waals surface area contributed by atoms with Crippen LogP contribution in [0.15, 0.2) is 76.8 Å². The lowest BCUT2D eigenvalue weighted by molar-refractivity contribution is -0.122. The van der Waals surface area contributed by atoms with Gasteiger partial charge in [-0.3, -0.25) is 14.9 Å². The van der Waals surface area contributed by atoms with Gasteiger partial charge in [-0.1, -0.05) is 53.5 Å². The first kappa shape index (κ1) is 23.0. The Morgan fingerprint density at radius 1 is 0.970 bits per heavy atom. The van der Waals surface area contributed by atoms with Crippen LogP contribution in [0.25, 0.3) is 6.08 Å². The summed E-state index contributed by atoms with van der Waals surface area (Å²) in [6.07, 6.45) is 1.40. The molecular weight excluding hydrogens is 531 g/mol. The van der Waals surface area contributed by atoms with E-state index in [0.29, 0.717) is 27.4 Å². The molecule has 6 nitrogen and oxygen atoms in total.